The second-order valence-corrected chi connectivity index (χ2v) is 4.43. The van der Waals surface area contributed by atoms with Crippen molar-refractivity contribution in [3.05, 3.63) is 0 Å². The minimum absolute atomic E-state index is 0.0210. The van der Waals surface area contributed by atoms with Crippen molar-refractivity contribution < 1.29 is 13.5 Å². The van der Waals surface area contributed by atoms with Crippen LogP contribution in [0.1, 0.15) is 25.7 Å². The Balaban J connectivity index is 1.59. The predicted molar refractivity (Wildman–Crippen MR) is 49.5 cm³/mol. The van der Waals surface area contributed by atoms with Gasteiger partial charge in [-0.15, -0.1) is 0 Å². The zero-order chi connectivity index (χ0) is 10.0. The first-order valence-electron chi connectivity index (χ1n) is 5.36. The van der Waals surface area contributed by atoms with Gasteiger partial charge in [-0.3, -0.25) is 0 Å². The number of rotatable bonds is 3. The van der Waals surface area contributed by atoms with E-state index in [1.54, 1.807) is 0 Å². The number of hydrogen-bond donors (Lipinski definition) is 1. The molecule has 0 aromatic heterocycles. The number of piperidine rings is 1. The fourth-order valence-electron chi connectivity index (χ4n) is 2.14. The fourth-order valence-corrected chi connectivity index (χ4v) is 2.14. The molecule has 0 spiro atoms. The molecule has 14 heavy (non-hydrogen) atoms. The first kappa shape index (κ1) is 10.3. The third-order valence-corrected chi connectivity index (χ3v) is 2.99. The fraction of sp³-hybridized carbons (Fsp3) is 1.00. The number of halogens is 2. The van der Waals surface area contributed by atoms with Gasteiger partial charge in [-0.25, -0.2) is 8.78 Å². The van der Waals surface area contributed by atoms with Crippen LogP contribution in [0, 0.1) is 5.92 Å². The molecule has 1 N–H and O–H groups in total. The van der Waals surface area contributed by atoms with Gasteiger partial charge in [0.05, 0.1) is 12.7 Å². The number of ether oxygens (including phenoxy) is 1. The molecule has 82 valence electrons. The van der Waals surface area contributed by atoms with E-state index in [0.29, 0.717) is 6.61 Å². The van der Waals surface area contributed by atoms with Gasteiger partial charge >= 0.3 is 0 Å². The number of alkyl halides is 2. The maximum atomic E-state index is 12.5. The minimum atomic E-state index is -2.40. The quantitative estimate of drug-likeness (QED) is 0.758. The van der Waals surface area contributed by atoms with Crippen LogP contribution in [0.4, 0.5) is 8.78 Å². The molecule has 2 rings (SSSR count). The summed E-state index contributed by atoms with van der Waals surface area (Å²) in [6.07, 6.45) is 2.49. The molecule has 0 amide bonds. The summed E-state index contributed by atoms with van der Waals surface area (Å²) in [4.78, 5) is 0. The van der Waals surface area contributed by atoms with Crippen molar-refractivity contribution in [3.8, 4) is 0 Å². The summed E-state index contributed by atoms with van der Waals surface area (Å²) in [5, 5.41) is 3.24. The molecule has 2 aliphatic rings. The summed E-state index contributed by atoms with van der Waals surface area (Å²) in [5.74, 6) is -2.31. The highest BCUT2D eigenvalue weighted by atomic mass is 19.3. The van der Waals surface area contributed by atoms with E-state index in [2.05, 4.69) is 5.32 Å². The molecule has 1 aliphatic heterocycles. The molecule has 2 nitrogen and oxygen atoms in total. The van der Waals surface area contributed by atoms with Gasteiger partial charge in [-0.05, 0) is 25.3 Å². The maximum Gasteiger partial charge on any atom is 0.248 e. The lowest BCUT2D eigenvalue weighted by molar-refractivity contribution is -0.136. The second kappa shape index (κ2) is 4.11. The van der Waals surface area contributed by atoms with Gasteiger partial charge in [0.1, 0.15) is 0 Å². The molecule has 0 radical (unpaired) electrons. The summed E-state index contributed by atoms with van der Waals surface area (Å²) in [5.41, 5.74) is 0. The van der Waals surface area contributed by atoms with Gasteiger partial charge in [0.15, 0.2) is 0 Å². The van der Waals surface area contributed by atoms with Crippen molar-refractivity contribution in [1.82, 2.24) is 5.32 Å². The Bertz CT molecular complexity index is 185. The Labute approximate surface area is 83.0 Å². The lowest BCUT2D eigenvalue weighted by atomic mass is 9.82. The molecule has 4 heteroatoms. The molecule has 0 aromatic carbocycles. The molecule has 0 unspecified atom stereocenters. The van der Waals surface area contributed by atoms with E-state index < -0.39 is 5.92 Å². The van der Waals surface area contributed by atoms with Crippen LogP contribution < -0.4 is 5.32 Å². The highest BCUT2D eigenvalue weighted by Gasteiger charge is 2.45. The molecule has 1 aliphatic carbocycles. The van der Waals surface area contributed by atoms with Crippen LogP contribution in [0.15, 0.2) is 0 Å². The van der Waals surface area contributed by atoms with Crippen LogP contribution in [-0.2, 0) is 4.74 Å². The molecule has 1 atom stereocenters. The Kier molecular flexibility index (Phi) is 3.02. The van der Waals surface area contributed by atoms with Crippen LogP contribution in [0.3, 0.4) is 0 Å². The zero-order valence-corrected chi connectivity index (χ0v) is 8.27. The topological polar surface area (TPSA) is 21.3 Å². The van der Waals surface area contributed by atoms with Crippen molar-refractivity contribution in [3.63, 3.8) is 0 Å². The summed E-state index contributed by atoms with van der Waals surface area (Å²) >= 11 is 0. The van der Waals surface area contributed by atoms with E-state index in [-0.39, 0.29) is 24.9 Å². The molecular weight excluding hydrogens is 188 g/mol. The zero-order valence-electron chi connectivity index (χ0n) is 8.27. The largest absolute Gasteiger partial charge is 0.377 e. The number of nitrogens with one attached hydrogen (secondary N) is 1. The van der Waals surface area contributed by atoms with E-state index in [1.807, 2.05) is 0 Å². The second-order valence-electron chi connectivity index (χ2n) is 4.43. The Morgan fingerprint density at radius 1 is 1.36 bits per heavy atom. The molecule has 1 heterocycles. The lowest BCUT2D eigenvalue weighted by Crippen LogP contribution is -2.41. The highest BCUT2D eigenvalue weighted by molar-refractivity contribution is 4.86. The third-order valence-electron chi connectivity index (χ3n) is 2.99. The molecular formula is C10H17F2NO. The molecule has 0 aromatic rings. The van der Waals surface area contributed by atoms with Gasteiger partial charge in [-0.1, -0.05) is 0 Å². The normalized spacial score (nSPS) is 32.6. The predicted octanol–water partition coefficient (Wildman–Crippen LogP) is 1.80. The summed E-state index contributed by atoms with van der Waals surface area (Å²) in [6.45, 7) is 2.45. The van der Waals surface area contributed by atoms with Gasteiger partial charge in [-0.2, -0.15) is 0 Å². The number of hydrogen-bond acceptors (Lipinski definition) is 2. The Hall–Kier alpha value is -0.220. The van der Waals surface area contributed by atoms with E-state index >= 15 is 0 Å². The van der Waals surface area contributed by atoms with Crippen molar-refractivity contribution in [2.24, 2.45) is 5.92 Å². The van der Waals surface area contributed by atoms with Crippen molar-refractivity contribution in [2.45, 2.75) is 37.7 Å². The minimum Gasteiger partial charge on any atom is -0.377 e. The van der Waals surface area contributed by atoms with E-state index in [9.17, 15) is 8.78 Å². The van der Waals surface area contributed by atoms with Gasteiger partial charge in [0.2, 0.25) is 5.92 Å². The smallest absolute Gasteiger partial charge is 0.248 e. The van der Waals surface area contributed by atoms with Gasteiger partial charge < -0.3 is 10.1 Å². The first-order chi connectivity index (χ1) is 6.66. The van der Waals surface area contributed by atoms with Crippen LogP contribution in [-0.4, -0.2) is 31.7 Å². The molecule has 0 bridgehead atoms. The standard InChI is InChI=1S/C10H17F2NO/c11-10(12)4-8(5-10)7-14-9-2-1-3-13-6-9/h8-9,13H,1-7H2/t9-/m0/s1. The van der Waals surface area contributed by atoms with E-state index in [4.69, 9.17) is 4.74 Å². The molecule has 1 saturated heterocycles. The van der Waals surface area contributed by atoms with Crippen molar-refractivity contribution >= 4 is 0 Å². The average Bonchev–Trinajstić information content (AvgIpc) is 2.13. The first-order valence-corrected chi connectivity index (χ1v) is 5.36. The highest BCUT2D eigenvalue weighted by Crippen LogP contribution is 2.42. The van der Waals surface area contributed by atoms with Crippen LogP contribution in [0.5, 0.6) is 0 Å². The third kappa shape index (κ3) is 2.64. The van der Waals surface area contributed by atoms with Crippen LogP contribution in [0.25, 0.3) is 0 Å². The van der Waals surface area contributed by atoms with Crippen LogP contribution >= 0.6 is 0 Å². The van der Waals surface area contributed by atoms with Gasteiger partial charge in [0, 0.05) is 19.4 Å². The lowest BCUT2D eigenvalue weighted by Gasteiger charge is -2.36. The van der Waals surface area contributed by atoms with Gasteiger partial charge in [0.25, 0.3) is 0 Å². The van der Waals surface area contributed by atoms with E-state index in [0.717, 1.165) is 25.9 Å². The summed E-state index contributed by atoms with van der Waals surface area (Å²) in [6, 6.07) is 0. The van der Waals surface area contributed by atoms with Crippen molar-refractivity contribution in [2.75, 3.05) is 19.7 Å². The summed E-state index contributed by atoms with van der Waals surface area (Å²) < 4.78 is 30.6. The molecule has 1 saturated carbocycles. The SMILES string of the molecule is FC1(F)CC(CO[C@H]2CCCNC2)C1. The Morgan fingerprint density at radius 2 is 2.14 bits per heavy atom. The van der Waals surface area contributed by atoms with E-state index in [1.165, 1.54) is 0 Å². The molecule has 2 fully saturated rings. The monoisotopic (exact) mass is 205 g/mol. The summed E-state index contributed by atoms with van der Waals surface area (Å²) in [7, 11) is 0. The van der Waals surface area contributed by atoms with Crippen molar-refractivity contribution in [1.29, 1.82) is 0 Å². The average molecular weight is 205 g/mol. The Morgan fingerprint density at radius 3 is 2.71 bits per heavy atom. The van der Waals surface area contributed by atoms with Crippen LogP contribution in [0.2, 0.25) is 0 Å². The maximum absolute atomic E-state index is 12.5.